The zero-order valence-corrected chi connectivity index (χ0v) is 15.2. The number of aliphatic carboxylic acids is 1. The van der Waals surface area contributed by atoms with E-state index in [1.165, 1.54) is 0 Å². The third-order valence-corrected chi connectivity index (χ3v) is 4.99. The van der Waals surface area contributed by atoms with Crippen LogP contribution >= 0.6 is 0 Å². The molecule has 3 rings (SSSR count). The first-order chi connectivity index (χ1) is 12.6. The third kappa shape index (κ3) is 4.06. The van der Waals surface area contributed by atoms with Gasteiger partial charge in [0.25, 0.3) is 0 Å². The number of methoxy groups -OCH3 is 2. The molecule has 5 heteroatoms. The number of hydrogen-bond donors (Lipinski definition) is 1. The molecule has 138 valence electrons. The van der Waals surface area contributed by atoms with Gasteiger partial charge in [0.05, 0.1) is 19.6 Å². The first kappa shape index (κ1) is 18.4. The molecule has 1 aliphatic rings. The van der Waals surface area contributed by atoms with Crippen LogP contribution in [-0.4, -0.2) is 43.3 Å². The maximum atomic E-state index is 11.7. The van der Waals surface area contributed by atoms with Gasteiger partial charge >= 0.3 is 5.97 Å². The summed E-state index contributed by atoms with van der Waals surface area (Å²) in [7, 11) is 3.31. The van der Waals surface area contributed by atoms with Gasteiger partial charge in [0, 0.05) is 38.2 Å². The van der Waals surface area contributed by atoms with Gasteiger partial charge < -0.3 is 14.6 Å². The molecule has 26 heavy (non-hydrogen) atoms. The molecular formula is C21H25NO4. The lowest BCUT2D eigenvalue weighted by molar-refractivity contribution is -0.141. The first-order valence-corrected chi connectivity index (χ1v) is 8.77. The van der Waals surface area contributed by atoms with Gasteiger partial charge in [-0.15, -0.1) is 0 Å². The summed E-state index contributed by atoms with van der Waals surface area (Å²) in [6.45, 7) is 2.50. The highest BCUT2D eigenvalue weighted by Gasteiger charge is 2.38. The molecule has 0 amide bonds. The lowest BCUT2D eigenvalue weighted by atomic mass is 9.89. The monoisotopic (exact) mass is 355 g/mol. The van der Waals surface area contributed by atoms with Gasteiger partial charge in [-0.05, 0) is 23.3 Å². The smallest absolute Gasteiger partial charge is 0.308 e. The molecule has 0 aliphatic carbocycles. The van der Waals surface area contributed by atoms with Crippen molar-refractivity contribution in [2.24, 2.45) is 5.92 Å². The minimum absolute atomic E-state index is 0.0189. The molecule has 2 atom stereocenters. The van der Waals surface area contributed by atoms with Crippen LogP contribution in [0.3, 0.4) is 0 Å². The van der Waals surface area contributed by atoms with E-state index in [9.17, 15) is 9.90 Å². The van der Waals surface area contributed by atoms with Crippen molar-refractivity contribution in [3.05, 3.63) is 65.2 Å². The van der Waals surface area contributed by atoms with Crippen LogP contribution < -0.4 is 4.74 Å². The highest BCUT2D eigenvalue weighted by molar-refractivity contribution is 5.72. The van der Waals surface area contributed by atoms with Crippen molar-refractivity contribution in [3.63, 3.8) is 0 Å². The molecular weight excluding hydrogens is 330 g/mol. The average molecular weight is 355 g/mol. The Labute approximate surface area is 154 Å². The summed E-state index contributed by atoms with van der Waals surface area (Å²) in [6.07, 6.45) is 0. The summed E-state index contributed by atoms with van der Waals surface area (Å²) in [6, 6.07) is 16.0. The zero-order valence-electron chi connectivity index (χ0n) is 15.2. The second-order valence-corrected chi connectivity index (χ2v) is 6.74. The Balaban J connectivity index is 1.76. The normalized spacial score (nSPS) is 20.2. The fourth-order valence-corrected chi connectivity index (χ4v) is 3.76. The van der Waals surface area contributed by atoms with E-state index in [1.54, 1.807) is 14.2 Å². The largest absolute Gasteiger partial charge is 0.496 e. The van der Waals surface area contributed by atoms with E-state index in [2.05, 4.69) is 11.0 Å². The van der Waals surface area contributed by atoms with Crippen LogP contribution in [0, 0.1) is 5.92 Å². The van der Waals surface area contributed by atoms with Crippen molar-refractivity contribution >= 4 is 5.97 Å². The Hall–Kier alpha value is -2.37. The third-order valence-electron chi connectivity index (χ3n) is 4.99. The Morgan fingerprint density at radius 1 is 1.15 bits per heavy atom. The number of carboxylic acid groups (broad SMARTS) is 1. The van der Waals surface area contributed by atoms with Crippen LogP contribution in [0.1, 0.15) is 22.6 Å². The van der Waals surface area contributed by atoms with Gasteiger partial charge in [0.1, 0.15) is 5.75 Å². The van der Waals surface area contributed by atoms with Crippen LogP contribution in [0.15, 0.2) is 48.5 Å². The van der Waals surface area contributed by atoms with Gasteiger partial charge in [0.2, 0.25) is 0 Å². The lowest BCUT2D eigenvalue weighted by Gasteiger charge is -2.17. The highest BCUT2D eigenvalue weighted by Crippen LogP contribution is 2.34. The molecule has 0 unspecified atom stereocenters. The Morgan fingerprint density at radius 2 is 1.92 bits per heavy atom. The molecule has 0 spiro atoms. The maximum absolute atomic E-state index is 11.7. The molecule has 0 bridgehead atoms. The number of carbonyl (C=O) groups is 1. The predicted octanol–water partition coefficient (Wildman–Crippen LogP) is 3.14. The van der Waals surface area contributed by atoms with E-state index >= 15 is 0 Å². The molecule has 2 aromatic carbocycles. The summed E-state index contributed by atoms with van der Waals surface area (Å²) < 4.78 is 10.6. The van der Waals surface area contributed by atoms with Crippen LogP contribution in [0.25, 0.3) is 0 Å². The van der Waals surface area contributed by atoms with E-state index in [0.29, 0.717) is 19.7 Å². The van der Waals surface area contributed by atoms with Gasteiger partial charge in [-0.25, -0.2) is 0 Å². The maximum Gasteiger partial charge on any atom is 0.308 e. The van der Waals surface area contributed by atoms with Crippen molar-refractivity contribution in [2.45, 2.75) is 19.1 Å². The molecule has 1 heterocycles. The minimum atomic E-state index is -0.726. The van der Waals surface area contributed by atoms with Crippen LogP contribution in [-0.2, 0) is 22.7 Å². The minimum Gasteiger partial charge on any atom is -0.496 e. The summed E-state index contributed by atoms with van der Waals surface area (Å²) in [5.74, 6) is -0.279. The SMILES string of the molecule is COCc1cc(CN2C[C@H](C(=O)O)[C@@H](c3ccccc3)C2)ccc1OC. The van der Waals surface area contributed by atoms with Crippen molar-refractivity contribution in [3.8, 4) is 5.75 Å². The van der Waals surface area contributed by atoms with Crippen molar-refractivity contribution in [1.82, 2.24) is 4.90 Å². The molecule has 0 aromatic heterocycles. The van der Waals surface area contributed by atoms with E-state index < -0.39 is 5.97 Å². The van der Waals surface area contributed by atoms with Crippen LogP contribution in [0.2, 0.25) is 0 Å². The standard InChI is InChI=1S/C21H25NO4/c1-25-14-17-10-15(8-9-20(17)26-2)11-22-12-18(19(13-22)21(23)24)16-6-4-3-5-7-16/h3-10,18-19H,11-14H2,1-2H3,(H,23,24)/t18-,19+/m1/s1. The molecule has 2 aromatic rings. The van der Waals surface area contributed by atoms with Crippen molar-refractivity contribution < 1.29 is 19.4 Å². The molecule has 1 N–H and O–H groups in total. The number of benzene rings is 2. The van der Waals surface area contributed by atoms with E-state index in [1.807, 2.05) is 42.5 Å². The molecule has 1 aliphatic heterocycles. The van der Waals surface area contributed by atoms with Crippen LogP contribution in [0.5, 0.6) is 5.75 Å². The first-order valence-electron chi connectivity index (χ1n) is 8.77. The van der Waals surface area contributed by atoms with Crippen LogP contribution in [0.4, 0.5) is 0 Å². The number of ether oxygens (including phenoxy) is 2. The van der Waals surface area contributed by atoms with Gasteiger partial charge in [-0.2, -0.15) is 0 Å². The second-order valence-electron chi connectivity index (χ2n) is 6.74. The molecule has 0 saturated carbocycles. The predicted molar refractivity (Wildman–Crippen MR) is 99.3 cm³/mol. The van der Waals surface area contributed by atoms with E-state index in [0.717, 1.165) is 29.0 Å². The quantitative estimate of drug-likeness (QED) is 0.827. The number of hydrogen-bond acceptors (Lipinski definition) is 4. The Morgan fingerprint density at radius 3 is 2.58 bits per heavy atom. The summed E-state index contributed by atoms with van der Waals surface area (Å²) in [4.78, 5) is 14.0. The lowest BCUT2D eigenvalue weighted by Crippen LogP contribution is -2.23. The number of carboxylic acids is 1. The fraction of sp³-hybridized carbons (Fsp3) is 0.381. The number of rotatable bonds is 7. The van der Waals surface area contributed by atoms with Crippen molar-refractivity contribution in [2.75, 3.05) is 27.3 Å². The van der Waals surface area contributed by atoms with Crippen molar-refractivity contribution in [1.29, 1.82) is 0 Å². The summed E-state index contributed by atoms with van der Waals surface area (Å²) in [5.41, 5.74) is 3.23. The summed E-state index contributed by atoms with van der Waals surface area (Å²) in [5, 5.41) is 9.65. The second kappa shape index (κ2) is 8.34. The summed E-state index contributed by atoms with van der Waals surface area (Å²) >= 11 is 0. The number of nitrogens with zero attached hydrogens (tertiary/aromatic N) is 1. The average Bonchev–Trinajstić information content (AvgIpc) is 3.07. The van der Waals surface area contributed by atoms with Gasteiger partial charge in [-0.1, -0.05) is 36.4 Å². The molecule has 0 radical (unpaired) electrons. The topological polar surface area (TPSA) is 59.0 Å². The van der Waals surface area contributed by atoms with E-state index in [-0.39, 0.29) is 11.8 Å². The highest BCUT2D eigenvalue weighted by atomic mass is 16.5. The van der Waals surface area contributed by atoms with E-state index in [4.69, 9.17) is 9.47 Å². The zero-order chi connectivity index (χ0) is 18.5. The fourth-order valence-electron chi connectivity index (χ4n) is 3.76. The Kier molecular flexibility index (Phi) is 5.91. The molecule has 1 fully saturated rings. The number of likely N-dealkylation sites (tertiary alicyclic amines) is 1. The Bertz CT molecular complexity index is 747. The van der Waals surface area contributed by atoms with Gasteiger partial charge in [-0.3, -0.25) is 9.69 Å². The molecule has 1 saturated heterocycles. The van der Waals surface area contributed by atoms with Gasteiger partial charge in [0.15, 0.2) is 0 Å². The molecule has 5 nitrogen and oxygen atoms in total.